The van der Waals surface area contributed by atoms with Gasteiger partial charge in [0.05, 0.1) is 0 Å². The SMILES string of the molecule is Nc1nc(-c2ccc(Cl)cc2)nc(C2CCCC2)n1. The molecule has 19 heavy (non-hydrogen) atoms. The van der Waals surface area contributed by atoms with Gasteiger partial charge in [-0.1, -0.05) is 24.4 Å². The van der Waals surface area contributed by atoms with Gasteiger partial charge in [0, 0.05) is 16.5 Å². The van der Waals surface area contributed by atoms with Crippen LogP contribution in [0.3, 0.4) is 0 Å². The molecule has 0 spiro atoms. The predicted molar refractivity (Wildman–Crippen MR) is 75.9 cm³/mol. The minimum atomic E-state index is 0.293. The average molecular weight is 275 g/mol. The van der Waals surface area contributed by atoms with Gasteiger partial charge in [0.15, 0.2) is 5.82 Å². The van der Waals surface area contributed by atoms with Gasteiger partial charge < -0.3 is 5.73 Å². The van der Waals surface area contributed by atoms with Crippen LogP contribution in [0, 0.1) is 0 Å². The van der Waals surface area contributed by atoms with Crippen LogP contribution in [0.2, 0.25) is 5.02 Å². The van der Waals surface area contributed by atoms with Gasteiger partial charge in [0.2, 0.25) is 5.95 Å². The molecule has 1 saturated carbocycles. The van der Waals surface area contributed by atoms with Gasteiger partial charge in [-0.05, 0) is 37.1 Å². The molecular formula is C14H15ClN4. The maximum Gasteiger partial charge on any atom is 0.223 e. The van der Waals surface area contributed by atoms with Crippen molar-refractivity contribution in [3.8, 4) is 11.4 Å². The summed E-state index contributed by atoms with van der Waals surface area (Å²) < 4.78 is 0. The van der Waals surface area contributed by atoms with E-state index in [4.69, 9.17) is 17.3 Å². The zero-order chi connectivity index (χ0) is 13.2. The molecule has 2 aromatic rings. The molecule has 0 aliphatic heterocycles. The minimum Gasteiger partial charge on any atom is -0.368 e. The fourth-order valence-electron chi connectivity index (χ4n) is 2.50. The molecule has 0 bridgehead atoms. The summed E-state index contributed by atoms with van der Waals surface area (Å²) in [5.41, 5.74) is 6.72. The number of anilines is 1. The van der Waals surface area contributed by atoms with Crippen LogP contribution in [0.25, 0.3) is 11.4 Å². The van der Waals surface area contributed by atoms with E-state index >= 15 is 0 Å². The summed E-state index contributed by atoms with van der Waals surface area (Å²) in [7, 11) is 0. The van der Waals surface area contributed by atoms with Gasteiger partial charge in [-0.3, -0.25) is 0 Å². The van der Waals surface area contributed by atoms with Gasteiger partial charge in [0.25, 0.3) is 0 Å². The lowest BCUT2D eigenvalue weighted by atomic mass is 10.1. The van der Waals surface area contributed by atoms with Crippen molar-refractivity contribution in [2.24, 2.45) is 0 Å². The third-order valence-electron chi connectivity index (χ3n) is 3.49. The molecule has 0 radical (unpaired) electrons. The lowest BCUT2D eigenvalue weighted by molar-refractivity contribution is 0.665. The van der Waals surface area contributed by atoms with Crippen molar-refractivity contribution in [2.45, 2.75) is 31.6 Å². The molecule has 0 atom stereocenters. The lowest BCUT2D eigenvalue weighted by Gasteiger charge is -2.09. The van der Waals surface area contributed by atoms with Crippen LogP contribution < -0.4 is 5.73 Å². The van der Waals surface area contributed by atoms with Crippen molar-refractivity contribution >= 4 is 17.5 Å². The van der Waals surface area contributed by atoms with Crippen LogP contribution in [0.15, 0.2) is 24.3 Å². The summed E-state index contributed by atoms with van der Waals surface area (Å²) in [5, 5.41) is 0.696. The molecule has 1 aromatic heterocycles. The standard InChI is InChI=1S/C14H15ClN4/c15-11-7-5-10(6-8-11)13-17-12(18-14(16)19-13)9-3-1-2-4-9/h5-9H,1-4H2,(H2,16,17,18,19). The zero-order valence-electron chi connectivity index (χ0n) is 10.5. The Labute approximate surface area is 117 Å². The van der Waals surface area contributed by atoms with Gasteiger partial charge in [-0.25, -0.2) is 4.98 Å². The van der Waals surface area contributed by atoms with Gasteiger partial charge in [0.1, 0.15) is 5.82 Å². The van der Waals surface area contributed by atoms with E-state index in [1.165, 1.54) is 12.8 Å². The van der Waals surface area contributed by atoms with Gasteiger partial charge in [-0.15, -0.1) is 0 Å². The molecule has 0 saturated heterocycles. The number of benzene rings is 1. The average Bonchev–Trinajstić information content (AvgIpc) is 2.93. The number of nitrogen functional groups attached to an aromatic ring is 1. The molecule has 5 heteroatoms. The number of aromatic nitrogens is 3. The highest BCUT2D eigenvalue weighted by Crippen LogP contribution is 2.33. The van der Waals surface area contributed by atoms with Crippen LogP contribution >= 0.6 is 11.6 Å². The van der Waals surface area contributed by atoms with E-state index in [-0.39, 0.29) is 0 Å². The van der Waals surface area contributed by atoms with E-state index in [9.17, 15) is 0 Å². The van der Waals surface area contributed by atoms with Crippen molar-refractivity contribution < 1.29 is 0 Å². The number of nitrogens with two attached hydrogens (primary N) is 1. The summed E-state index contributed by atoms with van der Waals surface area (Å²) >= 11 is 5.89. The van der Waals surface area contributed by atoms with Crippen molar-refractivity contribution in [1.29, 1.82) is 0 Å². The first-order chi connectivity index (χ1) is 9.22. The molecule has 1 aliphatic rings. The number of halogens is 1. The third kappa shape index (κ3) is 2.68. The number of rotatable bonds is 2. The highest BCUT2D eigenvalue weighted by atomic mass is 35.5. The first kappa shape index (κ1) is 12.4. The fraction of sp³-hybridized carbons (Fsp3) is 0.357. The molecule has 1 fully saturated rings. The Bertz CT molecular complexity index is 576. The fourth-order valence-corrected chi connectivity index (χ4v) is 2.63. The van der Waals surface area contributed by atoms with E-state index in [0.29, 0.717) is 22.7 Å². The predicted octanol–water partition coefficient (Wildman–Crippen LogP) is 3.43. The Kier molecular flexibility index (Phi) is 3.34. The number of nitrogens with zero attached hydrogens (tertiary/aromatic N) is 3. The minimum absolute atomic E-state index is 0.293. The summed E-state index contributed by atoms with van der Waals surface area (Å²) in [5.74, 6) is 2.18. The molecule has 4 nitrogen and oxygen atoms in total. The highest BCUT2D eigenvalue weighted by Gasteiger charge is 2.21. The van der Waals surface area contributed by atoms with Crippen LogP contribution in [0.5, 0.6) is 0 Å². The molecule has 2 N–H and O–H groups in total. The van der Waals surface area contributed by atoms with Crippen molar-refractivity contribution in [3.63, 3.8) is 0 Å². The molecule has 0 unspecified atom stereocenters. The largest absolute Gasteiger partial charge is 0.368 e. The summed E-state index contributed by atoms with van der Waals surface area (Å²) in [4.78, 5) is 13.1. The van der Waals surface area contributed by atoms with E-state index in [1.54, 1.807) is 0 Å². The van der Waals surface area contributed by atoms with E-state index in [0.717, 1.165) is 24.2 Å². The Morgan fingerprint density at radius 1 is 1.00 bits per heavy atom. The molecule has 1 aliphatic carbocycles. The second-order valence-corrected chi connectivity index (χ2v) is 5.30. The summed E-state index contributed by atoms with van der Waals surface area (Å²) in [6.45, 7) is 0. The normalized spacial score (nSPS) is 15.8. The molecule has 1 aromatic carbocycles. The first-order valence-corrected chi connectivity index (χ1v) is 6.87. The smallest absolute Gasteiger partial charge is 0.223 e. The van der Waals surface area contributed by atoms with Crippen LogP contribution in [-0.2, 0) is 0 Å². The van der Waals surface area contributed by atoms with Crippen molar-refractivity contribution in [2.75, 3.05) is 5.73 Å². The summed E-state index contributed by atoms with van der Waals surface area (Å²) in [6, 6.07) is 7.45. The molecule has 0 amide bonds. The van der Waals surface area contributed by atoms with E-state index in [1.807, 2.05) is 24.3 Å². The Balaban J connectivity index is 1.99. The van der Waals surface area contributed by atoms with E-state index < -0.39 is 0 Å². The van der Waals surface area contributed by atoms with Crippen molar-refractivity contribution in [3.05, 3.63) is 35.1 Å². The summed E-state index contributed by atoms with van der Waals surface area (Å²) in [6.07, 6.45) is 4.77. The number of hydrogen-bond acceptors (Lipinski definition) is 4. The lowest BCUT2D eigenvalue weighted by Crippen LogP contribution is -2.07. The highest BCUT2D eigenvalue weighted by molar-refractivity contribution is 6.30. The van der Waals surface area contributed by atoms with E-state index in [2.05, 4.69) is 15.0 Å². The van der Waals surface area contributed by atoms with Gasteiger partial charge in [-0.2, -0.15) is 9.97 Å². The molecule has 1 heterocycles. The number of hydrogen-bond donors (Lipinski definition) is 1. The Hall–Kier alpha value is -1.68. The molecular weight excluding hydrogens is 260 g/mol. The van der Waals surface area contributed by atoms with Crippen molar-refractivity contribution in [1.82, 2.24) is 15.0 Å². The van der Waals surface area contributed by atoms with Crippen LogP contribution in [0.1, 0.15) is 37.4 Å². The monoisotopic (exact) mass is 274 g/mol. The Morgan fingerprint density at radius 3 is 2.37 bits per heavy atom. The second-order valence-electron chi connectivity index (χ2n) is 4.86. The van der Waals surface area contributed by atoms with Crippen LogP contribution in [-0.4, -0.2) is 15.0 Å². The molecule has 98 valence electrons. The second kappa shape index (κ2) is 5.13. The Morgan fingerprint density at radius 2 is 1.68 bits per heavy atom. The van der Waals surface area contributed by atoms with Gasteiger partial charge >= 0.3 is 0 Å². The quantitative estimate of drug-likeness (QED) is 0.911. The molecule has 3 rings (SSSR count). The van der Waals surface area contributed by atoms with Crippen LogP contribution in [0.4, 0.5) is 5.95 Å². The zero-order valence-corrected chi connectivity index (χ0v) is 11.3. The maximum absolute atomic E-state index is 5.89. The maximum atomic E-state index is 5.89. The topological polar surface area (TPSA) is 64.7 Å². The first-order valence-electron chi connectivity index (χ1n) is 6.50. The third-order valence-corrected chi connectivity index (χ3v) is 3.74.